The first-order chi connectivity index (χ1) is 39.9. The van der Waals surface area contributed by atoms with Crippen LogP contribution in [-0.2, 0) is 47.7 Å². The van der Waals surface area contributed by atoms with Crippen molar-refractivity contribution in [3.05, 3.63) is 0 Å². The van der Waals surface area contributed by atoms with E-state index in [-0.39, 0.29) is 56.3 Å². The van der Waals surface area contributed by atoms with Gasteiger partial charge in [-0.25, -0.2) is 4.57 Å². The maximum absolute atomic E-state index is 11.0. The number of unbranched alkanes of at least 4 members (excludes halogenated alkanes) is 33. The molecule has 0 rings (SSSR count). The molecular weight excluding hydrogens is 1070 g/mol. The summed E-state index contributed by atoms with van der Waals surface area (Å²) in [6, 6.07) is 0. The van der Waals surface area contributed by atoms with Crippen LogP contribution >= 0.6 is 7.82 Å². The molecule has 0 bridgehead atoms. The van der Waals surface area contributed by atoms with Crippen molar-refractivity contribution in [3.8, 4) is 0 Å². The van der Waals surface area contributed by atoms with Gasteiger partial charge in [-0.05, 0) is 37.0 Å². The van der Waals surface area contributed by atoms with E-state index >= 15 is 0 Å². The van der Waals surface area contributed by atoms with Gasteiger partial charge in [0.25, 0.3) is 0 Å². The predicted molar refractivity (Wildman–Crippen MR) is 339 cm³/mol. The van der Waals surface area contributed by atoms with Gasteiger partial charge in [-0.1, -0.05) is 252 Å². The summed E-state index contributed by atoms with van der Waals surface area (Å²) in [6.45, 7) is 6.75. The molecule has 0 aliphatic rings. The lowest BCUT2D eigenvalue weighted by Gasteiger charge is -2.34. The Morgan fingerprint density at radius 3 is 0.530 bits per heavy atom. The molecule has 83 heavy (non-hydrogen) atoms. The monoisotopic (exact) mass is 1200 g/mol. The first kappa shape index (κ1) is 86.5. The van der Waals surface area contributed by atoms with Gasteiger partial charge in [0.1, 0.15) is 56.6 Å². The first-order valence-electron chi connectivity index (χ1n) is 33.0. The molecule has 0 radical (unpaired) electrons. The van der Waals surface area contributed by atoms with Crippen molar-refractivity contribution >= 4 is 64.4 Å². The molecule has 0 aromatic heterocycles. The van der Waals surface area contributed by atoms with Gasteiger partial charge in [-0.15, -0.1) is 0 Å². The van der Waals surface area contributed by atoms with Gasteiger partial charge in [0, 0.05) is 74.4 Å². The molecule has 0 saturated carbocycles. The lowest BCUT2D eigenvalue weighted by molar-refractivity contribution is -0.114. The summed E-state index contributed by atoms with van der Waals surface area (Å²) in [5.74, 6) is -0.254. The highest BCUT2D eigenvalue weighted by molar-refractivity contribution is 7.45. The molecular formula is C66H126N3O13P. The number of phosphoric acid groups is 1. The summed E-state index contributed by atoms with van der Waals surface area (Å²) in [7, 11) is -4.64. The molecule has 17 heteroatoms. The van der Waals surface area contributed by atoms with E-state index in [1.165, 1.54) is 193 Å². The quantitative estimate of drug-likeness (QED) is 0.0187. The molecule has 0 aromatic carbocycles. The number of hydrogen-bond donors (Lipinski definition) is 6. The minimum Gasteiger partial charge on any atom is -0.324 e. The molecule has 0 aliphatic carbocycles. The summed E-state index contributed by atoms with van der Waals surface area (Å²) < 4.78 is 8.88. The lowest BCUT2D eigenvalue weighted by atomic mass is 9.75. The summed E-state index contributed by atoms with van der Waals surface area (Å²) in [6.07, 6.45) is 57.8. The van der Waals surface area contributed by atoms with Crippen molar-refractivity contribution in [2.24, 2.45) is 35.0 Å². The fourth-order valence-electron chi connectivity index (χ4n) is 11.1. The second-order valence-electron chi connectivity index (χ2n) is 23.8. The maximum atomic E-state index is 11.0. The van der Waals surface area contributed by atoms with Crippen LogP contribution in [-0.4, -0.2) is 87.9 Å². The highest BCUT2D eigenvalue weighted by Gasteiger charge is 2.35. The maximum Gasteiger partial charge on any atom is 0.466 e. The normalized spacial score (nSPS) is 12.6. The fourth-order valence-corrected chi connectivity index (χ4v) is 11.1. The second-order valence-corrected chi connectivity index (χ2v) is 24.8. The van der Waals surface area contributed by atoms with Crippen LogP contribution < -0.4 is 17.2 Å². The molecule has 0 amide bonds. The minimum absolute atomic E-state index is 0.0847. The van der Waals surface area contributed by atoms with Crippen LogP contribution in [0, 0.1) is 17.8 Å². The van der Waals surface area contributed by atoms with Crippen LogP contribution in [0.2, 0.25) is 0 Å². The molecule has 9 N–H and O–H groups in total. The van der Waals surface area contributed by atoms with E-state index < -0.39 is 24.4 Å². The molecule has 0 aromatic rings. The third-order valence-electron chi connectivity index (χ3n) is 16.6. The molecule has 16 nitrogen and oxygen atoms in total. The van der Waals surface area contributed by atoms with Crippen molar-refractivity contribution in [3.63, 3.8) is 0 Å². The number of aldehydes is 9. The molecule has 3 unspecified atom stereocenters. The zero-order valence-corrected chi connectivity index (χ0v) is 53.9. The van der Waals surface area contributed by atoms with Crippen molar-refractivity contribution in [2.75, 3.05) is 0 Å². The van der Waals surface area contributed by atoms with Gasteiger partial charge >= 0.3 is 7.82 Å². The Morgan fingerprint density at radius 1 is 0.277 bits per heavy atom. The van der Waals surface area contributed by atoms with Crippen molar-refractivity contribution < 1.29 is 62.4 Å². The Labute approximate surface area is 505 Å². The average molecular weight is 1200 g/mol. The van der Waals surface area contributed by atoms with Gasteiger partial charge in [0.05, 0.1) is 0 Å². The third kappa shape index (κ3) is 57.8. The third-order valence-corrected chi connectivity index (χ3v) is 16.6. The van der Waals surface area contributed by atoms with E-state index in [9.17, 15) is 43.2 Å². The highest BCUT2D eigenvalue weighted by atomic mass is 31.2. The van der Waals surface area contributed by atoms with Crippen LogP contribution in [0.5, 0.6) is 0 Å². The Bertz CT molecular complexity index is 1370. The molecule has 0 heterocycles. The Morgan fingerprint density at radius 2 is 0.410 bits per heavy atom. The predicted octanol–water partition coefficient (Wildman–Crippen LogP) is 14.5. The van der Waals surface area contributed by atoms with E-state index in [2.05, 4.69) is 20.8 Å². The summed E-state index contributed by atoms with van der Waals surface area (Å²) in [5, 5.41) is 0. The number of carbonyl (C=O) groups is 9. The van der Waals surface area contributed by atoms with E-state index in [1.54, 1.807) is 0 Å². The Balaban J connectivity index is -0.000000540. The zero-order chi connectivity index (χ0) is 63.0. The van der Waals surface area contributed by atoms with Crippen LogP contribution in [0.1, 0.15) is 329 Å². The number of nitrogens with two attached hydrogens (primary N) is 3. The van der Waals surface area contributed by atoms with E-state index in [0.717, 1.165) is 114 Å². The zero-order valence-electron chi connectivity index (χ0n) is 53.0. The van der Waals surface area contributed by atoms with E-state index in [0.29, 0.717) is 19.3 Å². The fraction of sp³-hybridized carbons (Fsp3) is 0.864. The van der Waals surface area contributed by atoms with Gasteiger partial charge < -0.3 is 75.0 Å². The van der Waals surface area contributed by atoms with Gasteiger partial charge in [-0.3, -0.25) is 0 Å². The van der Waals surface area contributed by atoms with E-state index in [1.807, 2.05) is 0 Å². The first-order valence-corrected chi connectivity index (χ1v) is 34.6. The number of rotatable bonds is 60. The van der Waals surface area contributed by atoms with Gasteiger partial charge in [0.15, 0.2) is 0 Å². The Kier molecular flexibility index (Phi) is 66.2. The van der Waals surface area contributed by atoms with E-state index in [4.69, 9.17) is 36.4 Å². The van der Waals surface area contributed by atoms with Crippen LogP contribution in [0.25, 0.3) is 0 Å². The molecule has 488 valence electrons. The number of carbonyl (C=O) groups excluding carboxylic acids is 9. The lowest BCUT2D eigenvalue weighted by Crippen LogP contribution is -2.48. The molecule has 0 fully saturated rings. The second kappa shape index (κ2) is 63.5. The highest BCUT2D eigenvalue weighted by Crippen LogP contribution is 2.32. The topological polar surface area (TPSA) is 309 Å². The summed E-state index contributed by atoms with van der Waals surface area (Å²) >= 11 is 0. The van der Waals surface area contributed by atoms with Gasteiger partial charge in [-0.2, -0.15) is 0 Å². The molecule has 0 saturated heterocycles. The number of hydrogen-bond acceptors (Lipinski definition) is 13. The average Bonchev–Trinajstić information content (AvgIpc) is 3.63. The van der Waals surface area contributed by atoms with Crippen LogP contribution in [0.4, 0.5) is 0 Å². The molecule has 0 spiro atoms. The summed E-state index contributed by atoms with van der Waals surface area (Å²) in [5.41, 5.74) is 16.2. The van der Waals surface area contributed by atoms with Crippen molar-refractivity contribution in [1.82, 2.24) is 0 Å². The van der Waals surface area contributed by atoms with Crippen LogP contribution in [0.15, 0.2) is 0 Å². The molecule has 3 atom stereocenters. The van der Waals surface area contributed by atoms with Crippen LogP contribution in [0.3, 0.4) is 0 Å². The standard InChI is InChI=1S/3C22H41NO3.H3O4P/c3*1-2-3-4-5-6-7-8-9-10-11-12-13-14-21(15-18-24)22(23,16-19-25)17-20-26;1-5(2,3)4/h3*18-21H,2-17,23H2,1H3;(H3,1,2,3,4). The smallest absolute Gasteiger partial charge is 0.324 e. The summed E-state index contributed by atoms with van der Waals surface area (Å²) in [4.78, 5) is 120. The van der Waals surface area contributed by atoms with Gasteiger partial charge in [0.2, 0.25) is 0 Å². The Hall–Kier alpha value is -2.98. The largest absolute Gasteiger partial charge is 0.466 e. The minimum atomic E-state index is -4.64. The SMILES string of the molecule is CCCCCCCCCCCCCCC(CC=O)C(N)(CC=O)CC=O.CCCCCCCCCCCCCCC(CC=O)C(N)(CC=O)CC=O.CCCCCCCCCCCCCCC(CC=O)C(N)(CC=O)CC=O.O=P(O)(O)O. The van der Waals surface area contributed by atoms with Crippen molar-refractivity contribution in [1.29, 1.82) is 0 Å². The molecule has 0 aliphatic heterocycles. The van der Waals surface area contributed by atoms with Crippen molar-refractivity contribution in [2.45, 2.75) is 346 Å².